The van der Waals surface area contributed by atoms with Crippen LogP contribution in [0.15, 0.2) is 48.5 Å². The highest BCUT2D eigenvalue weighted by atomic mass is 16.5. The molecule has 0 unspecified atom stereocenters. The summed E-state index contributed by atoms with van der Waals surface area (Å²) < 4.78 is 5.13. The number of fused-ring (bicyclic) bond motifs is 2. The van der Waals surface area contributed by atoms with Crippen molar-refractivity contribution in [2.24, 2.45) is 0 Å². The lowest BCUT2D eigenvalue weighted by molar-refractivity contribution is -0.135. The third-order valence-electron chi connectivity index (χ3n) is 5.85. The number of amides is 4. The highest BCUT2D eigenvalue weighted by Gasteiger charge is 2.54. The van der Waals surface area contributed by atoms with Crippen LogP contribution in [0.25, 0.3) is 0 Å². The third-order valence-corrected chi connectivity index (χ3v) is 5.85. The molecular formula is C23H25N3O4. The number of hydrogen-bond acceptors (Lipinski definition) is 4. The van der Waals surface area contributed by atoms with Gasteiger partial charge in [-0.1, -0.05) is 36.4 Å². The molecule has 1 aliphatic carbocycles. The molecule has 7 heteroatoms. The molecule has 4 rings (SSSR count). The summed E-state index contributed by atoms with van der Waals surface area (Å²) in [5.41, 5.74) is 1.93. The van der Waals surface area contributed by atoms with Gasteiger partial charge >= 0.3 is 6.03 Å². The first-order chi connectivity index (χ1) is 14.5. The number of benzene rings is 2. The van der Waals surface area contributed by atoms with E-state index in [4.69, 9.17) is 4.74 Å². The number of carbonyl (C=O) groups excluding carboxylic acids is 3. The van der Waals surface area contributed by atoms with E-state index in [0.29, 0.717) is 19.4 Å². The fraction of sp³-hybridized carbons (Fsp3) is 0.348. The lowest BCUT2D eigenvalue weighted by atomic mass is 9.76. The summed E-state index contributed by atoms with van der Waals surface area (Å²) >= 11 is 0. The number of carbonyl (C=O) groups is 3. The van der Waals surface area contributed by atoms with E-state index < -0.39 is 11.6 Å². The number of nitrogens with zero attached hydrogens (tertiary/aromatic N) is 1. The van der Waals surface area contributed by atoms with Crippen LogP contribution in [-0.2, 0) is 28.0 Å². The van der Waals surface area contributed by atoms with Crippen LogP contribution < -0.4 is 15.4 Å². The van der Waals surface area contributed by atoms with Crippen LogP contribution in [0.4, 0.5) is 4.79 Å². The predicted octanol–water partition coefficient (Wildman–Crippen LogP) is 2.14. The topological polar surface area (TPSA) is 87.7 Å². The summed E-state index contributed by atoms with van der Waals surface area (Å²) in [5, 5.41) is 5.66. The number of methoxy groups -OCH3 is 1. The van der Waals surface area contributed by atoms with Crippen LogP contribution in [0.1, 0.15) is 29.5 Å². The Balaban J connectivity index is 1.37. The van der Waals surface area contributed by atoms with Gasteiger partial charge in [0.2, 0.25) is 5.91 Å². The number of urea groups is 1. The Bertz CT molecular complexity index is 973. The van der Waals surface area contributed by atoms with Gasteiger partial charge in [0.15, 0.2) is 0 Å². The highest BCUT2D eigenvalue weighted by Crippen LogP contribution is 2.39. The normalized spacial score (nSPS) is 20.1. The number of nitrogens with one attached hydrogen (secondary N) is 2. The van der Waals surface area contributed by atoms with E-state index in [1.807, 2.05) is 48.5 Å². The summed E-state index contributed by atoms with van der Waals surface area (Å²) in [6.45, 7) is 0.139. The highest BCUT2D eigenvalue weighted by molar-refractivity contribution is 6.09. The Kier molecular flexibility index (Phi) is 5.44. The summed E-state index contributed by atoms with van der Waals surface area (Å²) in [5.74, 6) is 0.0812. The average Bonchev–Trinajstić information content (AvgIpc) is 2.99. The van der Waals surface area contributed by atoms with Gasteiger partial charge in [-0.3, -0.25) is 14.5 Å². The summed E-state index contributed by atoms with van der Waals surface area (Å²) in [6, 6.07) is 14.8. The van der Waals surface area contributed by atoms with Gasteiger partial charge in [0.25, 0.3) is 5.91 Å². The Hall–Kier alpha value is -3.35. The van der Waals surface area contributed by atoms with E-state index in [1.54, 1.807) is 7.11 Å². The zero-order chi connectivity index (χ0) is 21.1. The first kappa shape index (κ1) is 19.9. The maximum Gasteiger partial charge on any atom is 0.325 e. The standard InChI is InChI=1S/C23H25N3O4/c1-30-18-10-8-16(9-11-18)12-14-24-20(27)15-26-21(28)23(25-22(26)29)13-4-6-17-5-2-3-7-19(17)23/h2-3,5,7-11H,4,6,12-15H2,1H3,(H,24,27)(H,25,29)/t23-/m0/s1. The van der Waals surface area contributed by atoms with Crippen molar-refractivity contribution in [1.82, 2.24) is 15.5 Å². The minimum atomic E-state index is -1.05. The largest absolute Gasteiger partial charge is 0.497 e. The molecule has 0 aromatic heterocycles. The fourth-order valence-electron chi connectivity index (χ4n) is 4.29. The van der Waals surface area contributed by atoms with Crippen molar-refractivity contribution in [2.75, 3.05) is 20.2 Å². The van der Waals surface area contributed by atoms with E-state index in [9.17, 15) is 14.4 Å². The van der Waals surface area contributed by atoms with Crippen LogP contribution >= 0.6 is 0 Å². The Morgan fingerprint density at radius 1 is 1.17 bits per heavy atom. The molecule has 1 heterocycles. The number of aryl methyl sites for hydroxylation is 1. The average molecular weight is 407 g/mol. The summed E-state index contributed by atoms with van der Waals surface area (Å²) in [4.78, 5) is 39.2. The maximum atomic E-state index is 13.2. The van der Waals surface area contributed by atoms with E-state index in [0.717, 1.165) is 40.2 Å². The zero-order valence-electron chi connectivity index (χ0n) is 16.9. The number of hydrogen-bond donors (Lipinski definition) is 2. The van der Waals surface area contributed by atoms with Gasteiger partial charge in [0, 0.05) is 6.54 Å². The smallest absolute Gasteiger partial charge is 0.325 e. The molecule has 1 aliphatic heterocycles. The van der Waals surface area contributed by atoms with Crippen molar-refractivity contribution in [2.45, 2.75) is 31.2 Å². The van der Waals surface area contributed by atoms with E-state index in [1.165, 1.54) is 0 Å². The Labute approximate surface area is 175 Å². The first-order valence-corrected chi connectivity index (χ1v) is 10.2. The van der Waals surface area contributed by atoms with Crippen LogP contribution in [0, 0.1) is 0 Å². The second-order valence-corrected chi connectivity index (χ2v) is 7.69. The van der Waals surface area contributed by atoms with Gasteiger partial charge in [0.1, 0.15) is 17.8 Å². The van der Waals surface area contributed by atoms with Crippen molar-refractivity contribution >= 4 is 17.8 Å². The maximum absolute atomic E-state index is 13.2. The summed E-state index contributed by atoms with van der Waals surface area (Å²) in [7, 11) is 1.61. The molecule has 1 fully saturated rings. The van der Waals surface area contributed by atoms with Crippen molar-refractivity contribution in [3.63, 3.8) is 0 Å². The molecule has 1 spiro atoms. The van der Waals surface area contributed by atoms with E-state index >= 15 is 0 Å². The SMILES string of the molecule is COc1ccc(CCNC(=O)CN2C(=O)N[C@]3(CCCc4ccccc43)C2=O)cc1. The number of ether oxygens (including phenoxy) is 1. The van der Waals surface area contributed by atoms with Crippen molar-refractivity contribution < 1.29 is 19.1 Å². The lowest BCUT2D eigenvalue weighted by Crippen LogP contribution is -2.47. The van der Waals surface area contributed by atoms with Crippen LogP contribution in [0.5, 0.6) is 5.75 Å². The molecule has 156 valence electrons. The summed E-state index contributed by atoms with van der Waals surface area (Å²) in [6.07, 6.45) is 2.88. The molecule has 1 atom stereocenters. The van der Waals surface area contributed by atoms with Gasteiger partial charge < -0.3 is 15.4 Å². The minimum absolute atomic E-state index is 0.281. The molecule has 4 amide bonds. The molecule has 2 aromatic carbocycles. The van der Waals surface area contributed by atoms with Crippen molar-refractivity contribution in [3.8, 4) is 5.75 Å². The van der Waals surface area contributed by atoms with Crippen molar-refractivity contribution in [3.05, 3.63) is 65.2 Å². The molecule has 1 saturated heterocycles. The van der Waals surface area contributed by atoms with Gasteiger partial charge in [-0.05, 0) is 54.5 Å². The van der Waals surface area contributed by atoms with Crippen molar-refractivity contribution in [1.29, 1.82) is 0 Å². The molecule has 0 radical (unpaired) electrons. The molecule has 2 aliphatic rings. The van der Waals surface area contributed by atoms with Crippen LogP contribution in [0.3, 0.4) is 0 Å². The first-order valence-electron chi connectivity index (χ1n) is 10.2. The van der Waals surface area contributed by atoms with E-state index in [-0.39, 0.29) is 18.4 Å². The van der Waals surface area contributed by atoms with Crippen LogP contribution in [0.2, 0.25) is 0 Å². The lowest BCUT2D eigenvalue weighted by Gasteiger charge is -2.33. The molecule has 2 N–H and O–H groups in total. The van der Waals surface area contributed by atoms with Crippen LogP contribution in [-0.4, -0.2) is 42.9 Å². The predicted molar refractivity (Wildman–Crippen MR) is 111 cm³/mol. The molecule has 0 saturated carbocycles. The second-order valence-electron chi connectivity index (χ2n) is 7.69. The molecule has 30 heavy (non-hydrogen) atoms. The molecule has 2 aromatic rings. The zero-order valence-corrected chi connectivity index (χ0v) is 16.9. The number of imide groups is 1. The Morgan fingerprint density at radius 2 is 1.93 bits per heavy atom. The third kappa shape index (κ3) is 3.63. The van der Waals surface area contributed by atoms with Gasteiger partial charge in [-0.2, -0.15) is 0 Å². The molecular weight excluding hydrogens is 382 g/mol. The van der Waals surface area contributed by atoms with Gasteiger partial charge in [-0.15, -0.1) is 0 Å². The number of rotatable bonds is 6. The molecule has 0 bridgehead atoms. The Morgan fingerprint density at radius 3 is 2.70 bits per heavy atom. The van der Waals surface area contributed by atoms with Gasteiger partial charge in [0.05, 0.1) is 7.11 Å². The second kappa shape index (κ2) is 8.18. The quantitative estimate of drug-likeness (QED) is 0.719. The van der Waals surface area contributed by atoms with Gasteiger partial charge in [-0.25, -0.2) is 4.79 Å². The van der Waals surface area contributed by atoms with E-state index in [2.05, 4.69) is 10.6 Å². The fourth-order valence-corrected chi connectivity index (χ4v) is 4.29. The molecule has 7 nitrogen and oxygen atoms in total. The monoisotopic (exact) mass is 407 g/mol. The minimum Gasteiger partial charge on any atom is -0.497 e.